The Morgan fingerprint density at radius 3 is 2.75 bits per heavy atom. The molecule has 90 valence electrons. The van der Waals surface area contributed by atoms with E-state index in [1.54, 1.807) is 6.07 Å². The molecule has 1 aromatic rings. The van der Waals surface area contributed by atoms with Gasteiger partial charge in [-0.05, 0) is 37.6 Å². The summed E-state index contributed by atoms with van der Waals surface area (Å²) in [5.74, 6) is -0.846. The van der Waals surface area contributed by atoms with Gasteiger partial charge in [-0.25, -0.2) is 4.39 Å². The molecule has 0 unspecified atom stereocenters. The Labute approximate surface area is 96.5 Å². The Hall–Kier alpha value is -1.09. The lowest BCUT2D eigenvalue weighted by atomic mass is 10.1. The lowest BCUT2D eigenvalue weighted by Gasteiger charge is -2.14. The van der Waals surface area contributed by atoms with Crippen molar-refractivity contribution >= 4 is 0 Å². The van der Waals surface area contributed by atoms with Crippen LogP contribution in [0, 0.1) is 5.82 Å². The average molecular weight is 225 g/mol. The van der Waals surface area contributed by atoms with Crippen LogP contribution in [-0.4, -0.2) is 11.7 Å². The molecule has 0 aliphatic rings. The van der Waals surface area contributed by atoms with Gasteiger partial charge in [0.1, 0.15) is 0 Å². The summed E-state index contributed by atoms with van der Waals surface area (Å²) in [6, 6.07) is 4.64. The van der Waals surface area contributed by atoms with Crippen molar-refractivity contribution in [2.45, 2.75) is 39.2 Å². The number of hydrogen-bond donors (Lipinski definition) is 2. The van der Waals surface area contributed by atoms with Crippen LogP contribution in [0.2, 0.25) is 0 Å². The van der Waals surface area contributed by atoms with Gasteiger partial charge in [0, 0.05) is 6.04 Å². The monoisotopic (exact) mass is 225 g/mol. The van der Waals surface area contributed by atoms with Gasteiger partial charge in [-0.15, -0.1) is 0 Å². The first-order chi connectivity index (χ1) is 7.65. The molecule has 16 heavy (non-hydrogen) atoms. The van der Waals surface area contributed by atoms with Crippen LogP contribution >= 0.6 is 0 Å². The summed E-state index contributed by atoms with van der Waals surface area (Å²) in [5, 5.41) is 12.4. The van der Waals surface area contributed by atoms with Crippen molar-refractivity contribution in [2.75, 3.05) is 6.54 Å². The van der Waals surface area contributed by atoms with Gasteiger partial charge < -0.3 is 10.4 Å². The van der Waals surface area contributed by atoms with Gasteiger partial charge in [-0.1, -0.05) is 25.8 Å². The van der Waals surface area contributed by atoms with Gasteiger partial charge in [0.25, 0.3) is 0 Å². The summed E-state index contributed by atoms with van der Waals surface area (Å²) in [4.78, 5) is 0. The van der Waals surface area contributed by atoms with Crippen molar-refractivity contribution in [1.29, 1.82) is 0 Å². The molecule has 1 rings (SSSR count). The zero-order chi connectivity index (χ0) is 12.0. The second kappa shape index (κ2) is 6.48. The minimum absolute atomic E-state index is 0.118. The van der Waals surface area contributed by atoms with Crippen molar-refractivity contribution in [3.63, 3.8) is 0 Å². The van der Waals surface area contributed by atoms with E-state index in [-0.39, 0.29) is 11.8 Å². The summed E-state index contributed by atoms with van der Waals surface area (Å²) in [6.07, 6.45) is 3.55. The van der Waals surface area contributed by atoms with Gasteiger partial charge in [0.15, 0.2) is 11.6 Å². The van der Waals surface area contributed by atoms with Crippen molar-refractivity contribution in [2.24, 2.45) is 0 Å². The number of rotatable bonds is 6. The SMILES string of the molecule is CCCCCN[C@H](C)c1ccc(O)c(F)c1. The molecule has 0 aliphatic carbocycles. The molecule has 0 heterocycles. The van der Waals surface area contributed by atoms with E-state index in [4.69, 9.17) is 5.11 Å². The zero-order valence-corrected chi connectivity index (χ0v) is 9.96. The van der Waals surface area contributed by atoms with E-state index in [0.717, 1.165) is 18.5 Å². The van der Waals surface area contributed by atoms with Crippen LogP contribution in [0.15, 0.2) is 18.2 Å². The molecular weight excluding hydrogens is 205 g/mol. The molecule has 1 aromatic carbocycles. The predicted octanol–water partition coefficient (Wildman–Crippen LogP) is 3.37. The molecular formula is C13H20FNO. The highest BCUT2D eigenvalue weighted by Crippen LogP contribution is 2.20. The normalized spacial score (nSPS) is 12.7. The molecule has 1 atom stereocenters. The van der Waals surface area contributed by atoms with Crippen LogP contribution in [0.25, 0.3) is 0 Å². The summed E-state index contributed by atoms with van der Waals surface area (Å²) < 4.78 is 13.1. The quantitative estimate of drug-likeness (QED) is 0.727. The van der Waals surface area contributed by atoms with Crippen LogP contribution in [0.4, 0.5) is 4.39 Å². The zero-order valence-electron chi connectivity index (χ0n) is 9.96. The Kier molecular flexibility index (Phi) is 5.26. The van der Waals surface area contributed by atoms with E-state index in [0.29, 0.717) is 0 Å². The topological polar surface area (TPSA) is 32.3 Å². The minimum Gasteiger partial charge on any atom is -0.505 e. The molecule has 2 nitrogen and oxygen atoms in total. The fourth-order valence-corrected chi connectivity index (χ4v) is 1.60. The Morgan fingerprint density at radius 2 is 2.12 bits per heavy atom. The Balaban J connectivity index is 2.46. The van der Waals surface area contributed by atoms with E-state index in [1.165, 1.54) is 25.0 Å². The maximum absolute atomic E-state index is 13.1. The van der Waals surface area contributed by atoms with Crippen molar-refractivity contribution < 1.29 is 9.50 Å². The van der Waals surface area contributed by atoms with Gasteiger partial charge in [-0.3, -0.25) is 0 Å². The third kappa shape index (κ3) is 3.81. The smallest absolute Gasteiger partial charge is 0.165 e. The summed E-state index contributed by atoms with van der Waals surface area (Å²) >= 11 is 0. The van der Waals surface area contributed by atoms with E-state index in [2.05, 4.69) is 12.2 Å². The van der Waals surface area contributed by atoms with Crippen LogP contribution in [0.1, 0.15) is 44.7 Å². The molecule has 0 aliphatic heterocycles. The van der Waals surface area contributed by atoms with Gasteiger partial charge >= 0.3 is 0 Å². The second-order valence-corrected chi connectivity index (χ2v) is 4.09. The van der Waals surface area contributed by atoms with Crippen molar-refractivity contribution in [3.05, 3.63) is 29.6 Å². The van der Waals surface area contributed by atoms with Crippen LogP contribution in [0.3, 0.4) is 0 Å². The van der Waals surface area contributed by atoms with Gasteiger partial charge in [0.2, 0.25) is 0 Å². The minimum atomic E-state index is -0.556. The molecule has 0 radical (unpaired) electrons. The number of phenols is 1. The van der Waals surface area contributed by atoms with Crippen molar-refractivity contribution in [3.8, 4) is 5.75 Å². The van der Waals surface area contributed by atoms with Crippen LogP contribution in [0.5, 0.6) is 5.75 Å². The second-order valence-electron chi connectivity index (χ2n) is 4.09. The first kappa shape index (κ1) is 13.0. The fraction of sp³-hybridized carbons (Fsp3) is 0.538. The molecule has 0 aromatic heterocycles. The third-order valence-electron chi connectivity index (χ3n) is 2.70. The summed E-state index contributed by atoms with van der Waals surface area (Å²) in [5.41, 5.74) is 0.867. The number of hydrogen-bond acceptors (Lipinski definition) is 2. The van der Waals surface area contributed by atoms with Crippen LogP contribution in [-0.2, 0) is 0 Å². The molecule has 3 heteroatoms. The highest BCUT2D eigenvalue weighted by atomic mass is 19.1. The Morgan fingerprint density at radius 1 is 1.38 bits per heavy atom. The molecule has 0 saturated carbocycles. The van der Waals surface area contributed by atoms with E-state index >= 15 is 0 Å². The summed E-state index contributed by atoms with van der Waals surface area (Å²) in [6.45, 7) is 5.11. The fourth-order valence-electron chi connectivity index (χ4n) is 1.60. The maximum Gasteiger partial charge on any atom is 0.165 e. The number of aromatic hydroxyl groups is 1. The molecule has 2 N–H and O–H groups in total. The predicted molar refractivity (Wildman–Crippen MR) is 64.0 cm³/mol. The maximum atomic E-state index is 13.1. The van der Waals surface area contributed by atoms with E-state index < -0.39 is 5.82 Å². The molecule has 0 spiro atoms. The highest BCUT2D eigenvalue weighted by Gasteiger charge is 2.07. The molecule has 0 bridgehead atoms. The third-order valence-corrected chi connectivity index (χ3v) is 2.70. The van der Waals surface area contributed by atoms with Crippen molar-refractivity contribution in [1.82, 2.24) is 5.32 Å². The first-order valence-corrected chi connectivity index (χ1v) is 5.87. The number of nitrogens with one attached hydrogen (secondary N) is 1. The number of halogens is 1. The van der Waals surface area contributed by atoms with Gasteiger partial charge in [0.05, 0.1) is 0 Å². The Bertz CT molecular complexity index is 328. The molecule has 0 saturated heterocycles. The first-order valence-electron chi connectivity index (χ1n) is 5.87. The average Bonchev–Trinajstić information content (AvgIpc) is 2.28. The number of phenolic OH excluding ortho intramolecular Hbond substituents is 1. The standard InChI is InChI=1S/C13H20FNO/c1-3-4-5-8-15-10(2)11-6-7-13(16)12(14)9-11/h6-7,9-10,15-16H,3-5,8H2,1-2H3/t10-/m1/s1. The van der Waals surface area contributed by atoms with Gasteiger partial charge in [-0.2, -0.15) is 0 Å². The summed E-state index contributed by atoms with van der Waals surface area (Å²) in [7, 11) is 0. The number of unbranched alkanes of at least 4 members (excludes halogenated alkanes) is 2. The number of benzene rings is 1. The van der Waals surface area contributed by atoms with E-state index in [9.17, 15) is 4.39 Å². The molecule has 0 fully saturated rings. The lowest BCUT2D eigenvalue weighted by molar-refractivity contribution is 0.430. The van der Waals surface area contributed by atoms with E-state index in [1.807, 2.05) is 6.92 Å². The lowest BCUT2D eigenvalue weighted by Crippen LogP contribution is -2.19. The molecule has 0 amide bonds. The van der Waals surface area contributed by atoms with Crippen LogP contribution < -0.4 is 5.32 Å². The largest absolute Gasteiger partial charge is 0.505 e. The highest BCUT2D eigenvalue weighted by molar-refractivity contribution is 5.29.